The van der Waals surface area contributed by atoms with Crippen molar-refractivity contribution in [2.75, 3.05) is 7.05 Å². The van der Waals surface area contributed by atoms with Crippen LogP contribution in [0.2, 0.25) is 0 Å². The van der Waals surface area contributed by atoms with Crippen molar-refractivity contribution in [1.82, 2.24) is 5.32 Å². The van der Waals surface area contributed by atoms with Gasteiger partial charge in [-0.25, -0.2) is 0 Å². The Morgan fingerprint density at radius 1 is 0.824 bits per heavy atom. The Morgan fingerprint density at radius 3 is 1.82 bits per heavy atom. The molecular formula is C16H35N. The van der Waals surface area contributed by atoms with Gasteiger partial charge in [-0.15, -0.1) is 0 Å². The third-order valence-corrected chi connectivity index (χ3v) is 4.12. The average molecular weight is 241 g/mol. The zero-order valence-corrected chi connectivity index (χ0v) is 12.7. The zero-order chi connectivity index (χ0) is 12.9. The molecule has 0 aromatic heterocycles. The van der Waals surface area contributed by atoms with Crippen LogP contribution in [-0.2, 0) is 0 Å². The highest BCUT2D eigenvalue weighted by atomic mass is 14.9. The molecule has 0 aromatic carbocycles. The van der Waals surface area contributed by atoms with Crippen molar-refractivity contribution in [3.63, 3.8) is 0 Å². The van der Waals surface area contributed by atoms with Gasteiger partial charge in [-0.05, 0) is 26.3 Å². The molecule has 2 unspecified atom stereocenters. The Balaban J connectivity index is 3.31. The molecule has 2 atom stereocenters. The van der Waals surface area contributed by atoms with Crippen molar-refractivity contribution in [3.05, 3.63) is 0 Å². The fourth-order valence-corrected chi connectivity index (χ4v) is 2.58. The maximum Gasteiger partial charge on any atom is 0.00638 e. The lowest BCUT2D eigenvalue weighted by Gasteiger charge is -2.22. The second-order valence-electron chi connectivity index (χ2n) is 5.51. The Bertz CT molecular complexity index is 144. The van der Waals surface area contributed by atoms with Crippen LogP contribution in [0.5, 0.6) is 0 Å². The largest absolute Gasteiger partial charge is 0.317 e. The number of hydrogen-bond donors (Lipinski definition) is 1. The Kier molecular flexibility index (Phi) is 12.4. The molecule has 17 heavy (non-hydrogen) atoms. The van der Waals surface area contributed by atoms with E-state index >= 15 is 0 Å². The molecule has 0 fully saturated rings. The van der Waals surface area contributed by atoms with E-state index in [-0.39, 0.29) is 0 Å². The maximum absolute atomic E-state index is 3.39. The molecule has 0 heterocycles. The van der Waals surface area contributed by atoms with Crippen LogP contribution in [0.1, 0.15) is 85.0 Å². The molecular weight excluding hydrogens is 206 g/mol. The summed E-state index contributed by atoms with van der Waals surface area (Å²) in [7, 11) is 2.08. The van der Waals surface area contributed by atoms with Crippen molar-refractivity contribution in [3.8, 4) is 0 Å². The molecule has 1 nitrogen and oxygen atoms in total. The second-order valence-corrected chi connectivity index (χ2v) is 5.51. The van der Waals surface area contributed by atoms with Crippen molar-refractivity contribution in [2.45, 2.75) is 91.0 Å². The lowest BCUT2D eigenvalue weighted by Crippen LogP contribution is -2.30. The van der Waals surface area contributed by atoms with E-state index in [2.05, 4.69) is 33.1 Å². The van der Waals surface area contributed by atoms with E-state index in [1.165, 1.54) is 64.2 Å². The topological polar surface area (TPSA) is 12.0 Å². The summed E-state index contributed by atoms with van der Waals surface area (Å²) in [4.78, 5) is 0. The highest BCUT2D eigenvalue weighted by molar-refractivity contribution is 4.69. The smallest absolute Gasteiger partial charge is 0.00638 e. The zero-order valence-electron chi connectivity index (χ0n) is 12.7. The molecule has 0 amide bonds. The molecule has 0 rings (SSSR count). The highest BCUT2D eigenvalue weighted by Crippen LogP contribution is 2.18. The predicted molar refractivity (Wildman–Crippen MR) is 79.5 cm³/mol. The van der Waals surface area contributed by atoms with E-state index in [0.29, 0.717) is 6.04 Å². The molecule has 0 radical (unpaired) electrons. The van der Waals surface area contributed by atoms with Crippen molar-refractivity contribution in [2.24, 2.45) is 5.92 Å². The minimum absolute atomic E-state index is 0.685. The van der Waals surface area contributed by atoms with Crippen LogP contribution in [-0.4, -0.2) is 13.1 Å². The highest BCUT2D eigenvalue weighted by Gasteiger charge is 2.12. The summed E-state index contributed by atoms with van der Waals surface area (Å²) in [5.74, 6) is 0.875. The van der Waals surface area contributed by atoms with Crippen LogP contribution in [0, 0.1) is 5.92 Å². The normalized spacial score (nSPS) is 14.8. The fraction of sp³-hybridized carbons (Fsp3) is 1.00. The minimum atomic E-state index is 0.685. The van der Waals surface area contributed by atoms with Gasteiger partial charge >= 0.3 is 0 Å². The Morgan fingerprint density at radius 2 is 1.35 bits per heavy atom. The third-order valence-electron chi connectivity index (χ3n) is 4.12. The lowest BCUT2D eigenvalue weighted by molar-refractivity contribution is 0.346. The summed E-state index contributed by atoms with van der Waals surface area (Å²) in [6.07, 6.45) is 14.2. The van der Waals surface area contributed by atoms with E-state index in [0.717, 1.165) is 5.92 Å². The predicted octanol–water partition coefficient (Wildman–Crippen LogP) is 5.15. The Labute approximate surface area is 110 Å². The molecule has 1 heteroatoms. The quantitative estimate of drug-likeness (QED) is 0.466. The third kappa shape index (κ3) is 9.64. The first-order valence-corrected chi connectivity index (χ1v) is 7.93. The fourth-order valence-electron chi connectivity index (χ4n) is 2.58. The lowest BCUT2D eigenvalue weighted by atomic mass is 9.92. The number of unbranched alkanes of at least 4 members (excludes halogenated alkanes) is 7. The SMILES string of the molecule is CCCCCCCCCCC(CC)C(C)NC. The van der Waals surface area contributed by atoms with Crippen LogP contribution in [0.3, 0.4) is 0 Å². The van der Waals surface area contributed by atoms with Gasteiger partial charge in [0.25, 0.3) is 0 Å². The molecule has 104 valence electrons. The van der Waals surface area contributed by atoms with Crippen LogP contribution in [0.25, 0.3) is 0 Å². The van der Waals surface area contributed by atoms with Crippen LogP contribution < -0.4 is 5.32 Å². The van der Waals surface area contributed by atoms with Gasteiger partial charge in [0.1, 0.15) is 0 Å². The van der Waals surface area contributed by atoms with Gasteiger partial charge < -0.3 is 5.32 Å². The molecule has 0 aliphatic rings. The summed E-state index contributed by atoms with van der Waals surface area (Å²) in [5.41, 5.74) is 0. The summed E-state index contributed by atoms with van der Waals surface area (Å²) in [5, 5.41) is 3.39. The summed E-state index contributed by atoms with van der Waals surface area (Å²) in [6, 6.07) is 0.685. The maximum atomic E-state index is 3.39. The minimum Gasteiger partial charge on any atom is -0.317 e. The van der Waals surface area contributed by atoms with Gasteiger partial charge in [-0.3, -0.25) is 0 Å². The Hall–Kier alpha value is -0.0400. The van der Waals surface area contributed by atoms with Crippen molar-refractivity contribution >= 4 is 0 Å². The van der Waals surface area contributed by atoms with Crippen LogP contribution >= 0.6 is 0 Å². The molecule has 0 saturated carbocycles. The second kappa shape index (κ2) is 12.4. The summed E-state index contributed by atoms with van der Waals surface area (Å²) < 4.78 is 0. The summed E-state index contributed by atoms with van der Waals surface area (Å²) >= 11 is 0. The first-order chi connectivity index (χ1) is 8.26. The molecule has 0 aliphatic heterocycles. The number of rotatable bonds is 12. The van der Waals surface area contributed by atoms with E-state index in [1.54, 1.807) is 0 Å². The molecule has 0 saturated heterocycles. The van der Waals surface area contributed by atoms with Crippen molar-refractivity contribution < 1.29 is 0 Å². The summed E-state index contributed by atoms with van der Waals surface area (Å²) in [6.45, 7) is 6.93. The molecule has 1 N–H and O–H groups in total. The van der Waals surface area contributed by atoms with E-state index < -0.39 is 0 Å². The number of hydrogen-bond acceptors (Lipinski definition) is 1. The first-order valence-electron chi connectivity index (χ1n) is 7.93. The van der Waals surface area contributed by atoms with Gasteiger partial charge in [0.15, 0.2) is 0 Å². The van der Waals surface area contributed by atoms with Gasteiger partial charge in [-0.1, -0.05) is 71.6 Å². The van der Waals surface area contributed by atoms with E-state index in [1.807, 2.05) is 0 Å². The molecule has 0 aliphatic carbocycles. The van der Waals surface area contributed by atoms with Gasteiger partial charge in [0.2, 0.25) is 0 Å². The molecule has 0 aromatic rings. The van der Waals surface area contributed by atoms with E-state index in [9.17, 15) is 0 Å². The van der Waals surface area contributed by atoms with Gasteiger partial charge in [-0.2, -0.15) is 0 Å². The first kappa shape index (κ1) is 17.0. The van der Waals surface area contributed by atoms with Gasteiger partial charge in [0, 0.05) is 6.04 Å². The van der Waals surface area contributed by atoms with Crippen LogP contribution in [0.4, 0.5) is 0 Å². The van der Waals surface area contributed by atoms with E-state index in [4.69, 9.17) is 0 Å². The molecule has 0 spiro atoms. The average Bonchev–Trinajstić information content (AvgIpc) is 2.36. The number of nitrogens with one attached hydrogen (secondary N) is 1. The standard InChI is InChI=1S/C16H35N/c1-5-7-8-9-10-11-12-13-14-16(6-2)15(3)17-4/h15-17H,5-14H2,1-4H3. The molecule has 0 bridgehead atoms. The van der Waals surface area contributed by atoms with Crippen molar-refractivity contribution in [1.29, 1.82) is 0 Å². The van der Waals surface area contributed by atoms with Crippen LogP contribution in [0.15, 0.2) is 0 Å². The monoisotopic (exact) mass is 241 g/mol. The van der Waals surface area contributed by atoms with Gasteiger partial charge in [0.05, 0.1) is 0 Å².